The third kappa shape index (κ3) is 3.03. The van der Waals surface area contributed by atoms with Crippen LogP contribution >= 0.6 is 0 Å². The van der Waals surface area contributed by atoms with Gasteiger partial charge in [-0.25, -0.2) is 0 Å². The summed E-state index contributed by atoms with van der Waals surface area (Å²) < 4.78 is 1.97. The van der Waals surface area contributed by atoms with Crippen LogP contribution in [-0.4, -0.2) is 31.9 Å². The second-order valence-electron chi connectivity index (χ2n) is 5.88. The van der Waals surface area contributed by atoms with Crippen molar-refractivity contribution < 1.29 is 10.0 Å². The normalized spacial score (nSPS) is 10.7. The van der Waals surface area contributed by atoms with Crippen molar-refractivity contribution in [3.05, 3.63) is 84.9 Å². The van der Waals surface area contributed by atoms with Gasteiger partial charge < -0.3 is 10.0 Å². The van der Waals surface area contributed by atoms with Crippen LogP contribution in [0.5, 0.6) is 0 Å². The minimum absolute atomic E-state index is 0.435. The zero-order valence-corrected chi connectivity index (χ0v) is 13.9. The van der Waals surface area contributed by atoms with E-state index >= 15 is 0 Å². The van der Waals surface area contributed by atoms with E-state index in [1.807, 2.05) is 77.4 Å². The van der Waals surface area contributed by atoms with Gasteiger partial charge in [0.15, 0.2) is 11.6 Å². The molecular formula is C20H16BN3O2. The first kappa shape index (κ1) is 16.3. The lowest BCUT2D eigenvalue weighted by Gasteiger charge is -2.11. The lowest BCUT2D eigenvalue weighted by Crippen LogP contribution is -2.29. The van der Waals surface area contributed by atoms with E-state index in [9.17, 15) is 10.0 Å². The molecule has 4 aromatic rings. The molecule has 0 atom stereocenters. The van der Waals surface area contributed by atoms with Gasteiger partial charge in [-0.3, -0.25) is 4.57 Å². The lowest BCUT2D eigenvalue weighted by molar-refractivity contribution is 0.426. The minimum atomic E-state index is -1.49. The van der Waals surface area contributed by atoms with E-state index in [-0.39, 0.29) is 0 Å². The van der Waals surface area contributed by atoms with Crippen molar-refractivity contribution in [3.63, 3.8) is 0 Å². The molecule has 5 nitrogen and oxygen atoms in total. The van der Waals surface area contributed by atoms with Gasteiger partial charge in [-0.15, -0.1) is 10.2 Å². The molecule has 0 aliphatic carbocycles. The predicted octanol–water partition coefficient (Wildman–Crippen LogP) is 2.28. The summed E-state index contributed by atoms with van der Waals surface area (Å²) in [6.45, 7) is 0. The van der Waals surface area contributed by atoms with Crippen LogP contribution in [0.2, 0.25) is 0 Å². The molecule has 0 amide bonds. The topological polar surface area (TPSA) is 71.2 Å². The Labute approximate surface area is 151 Å². The van der Waals surface area contributed by atoms with Crippen LogP contribution in [0.15, 0.2) is 84.9 Å². The molecule has 26 heavy (non-hydrogen) atoms. The summed E-state index contributed by atoms with van der Waals surface area (Å²) in [5, 5.41) is 27.5. The summed E-state index contributed by atoms with van der Waals surface area (Å²) in [5.41, 5.74) is 3.18. The molecule has 1 heterocycles. The maximum atomic E-state index is 9.33. The Morgan fingerprint density at radius 3 is 1.50 bits per heavy atom. The number of rotatable bonds is 4. The maximum Gasteiger partial charge on any atom is 0.488 e. The van der Waals surface area contributed by atoms with Crippen LogP contribution in [0.1, 0.15) is 0 Å². The van der Waals surface area contributed by atoms with Crippen molar-refractivity contribution in [3.8, 4) is 28.5 Å². The Bertz CT molecular complexity index is 943. The Kier molecular flexibility index (Phi) is 4.35. The fourth-order valence-corrected chi connectivity index (χ4v) is 2.87. The molecule has 0 bridgehead atoms. The van der Waals surface area contributed by atoms with Gasteiger partial charge in [0.1, 0.15) is 0 Å². The van der Waals surface area contributed by atoms with Crippen LogP contribution < -0.4 is 5.46 Å². The van der Waals surface area contributed by atoms with Crippen molar-refractivity contribution in [2.75, 3.05) is 0 Å². The second kappa shape index (κ2) is 6.96. The molecule has 0 saturated heterocycles. The molecule has 0 radical (unpaired) electrons. The summed E-state index contributed by atoms with van der Waals surface area (Å²) in [7, 11) is -1.49. The van der Waals surface area contributed by atoms with Gasteiger partial charge in [-0.2, -0.15) is 0 Å². The van der Waals surface area contributed by atoms with Gasteiger partial charge in [0, 0.05) is 16.8 Å². The van der Waals surface area contributed by atoms with Gasteiger partial charge in [0.05, 0.1) is 0 Å². The van der Waals surface area contributed by atoms with Crippen LogP contribution in [0.4, 0.5) is 0 Å². The molecule has 3 aromatic carbocycles. The monoisotopic (exact) mass is 341 g/mol. The van der Waals surface area contributed by atoms with Crippen LogP contribution in [0, 0.1) is 0 Å². The number of benzene rings is 3. The summed E-state index contributed by atoms with van der Waals surface area (Å²) in [6.07, 6.45) is 0. The quantitative estimate of drug-likeness (QED) is 0.559. The van der Waals surface area contributed by atoms with Crippen molar-refractivity contribution in [2.24, 2.45) is 0 Å². The summed E-state index contributed by atoms with van der Waals surface area (Å²) in [6, 6.07) is 26.7. The van der Waals surface area contributed by atoms with Gasteiger partial charge >= 0.3 is 7.12 Å². The van der Waals surface area contributed by atoms with Crippen LogP contribution in [0.25, 0.3) is 28.5 Å². The minimum Gasteiger partial charge on any atom is -0.423 e. The smallest absolute Gasteiger partial charge is 0.423 e. The molecule has 0 unspecified atom stereocenters. The zero-order chi connectivity index (χ0) is 17.9. The summed E-state index contributed by atoms with van der Waals surface area (Å²) in [5.74, 6) is 1.45. The third-order valence-electron chi connectivity index (χ3n) is 4.18. The van der Waals surface area contributed by atoms with Gasteiger partial charge in [-0.05, 0) is 17.6 Å². The number of hydrogen-bond donors (Lipinski definition) is 2. The van der Waals surface area contributed by atoms with Crippen molar-refractivity contribution in [1.82, 2.24) is 14.8 Å². The zero-order valence-electron chi connectivity index (χ0n) is 13.9. The summed E-state index contributed by atoms with van der Waals surface area (Å²) >= 11 is 0. The standard InChI is InChI=1S/C20H16BN3O2/c25-21(26)17-11-13-18(14-12-17)24-19(15-7-3-1-4-8-15)22-23-20(24)16-9-5-2-6-10-16/h1-14,25-26H. The van der Waals surface area contributed by atoms with Crippen molar-refractivity contribution in [2.45, 2.75) is 0 Å². The lowest BCUT2D eigenvalue weighted by atomic mass is 9.80. The molecular weight excluding hydrogens is 325 g/mol. The first-order valence-electron chi connectivity index (χ1n) is 8.27. The molecule has 0 spiro atoms. The Morgan fingerprint density at radius 2 is 1.08 bits per heavy atom. The molecule has 0 fully saturated rings. The van der Waals surface area contributed by atoms with Gasteiger partial charge in [-0.1, -0.05) is 72.8 Å². The highest BCUT2D eigenvalue weighted by atomic mass is 16.4. The Balaban J connectivity index is 1.91. The average molecular weight is 341 g/mol. The van der Waals surface area contributed by atoms with Crippen LogP contribution in [0.3, 0.4) is 0 Å². The van der Waals surface area contributed by atoms with E-state index in [2.05, 4.69) is 10.2 Å². The van der Waals surface area contributed by atoms with Crippen molar-refractivity contribution in [1.29, 1.82) is 0 Å². The Morgan fingerprint density at radius 1 is 0.615 bits per heavy atom. The van der Waals surface area contributed by atoms with E-state index in [0.717, 1.165) is 28.5 Å². The first-order chi connectivity index (χ1) is 12.7. The maximum absolute atomic E-state index is 9.33. The van der Waals surface area contributed by atoms with Gasteiger partial charge in [0.2, 0.25) is 0 Å². The number of nitrogens with zero attached hydrogens (tertiary/aromatic N) is 3. The fourth-order valence-electron chi connectivity index (χ4n) is 2.87. The summed E-state index contributed by atoms with van der Waals surface area (Å²) in [4.78, 5) is 0. The van der Waals surface area contributed by atoms with Gasteiger partial charge in [0.25, 0.3) is 0 Å². The SMILES string of the molecule is OB(O)c1ccc(-n2c(-c3ccccc3)nnc2-c2ccccc2)cc1. The molecule has 0 saturated carbocycles. The molecule has 6 heteroatoms. The molecule has 2 N–H and O–H groups in total. The molecule has 1 aromatic heterocycles. The van der Waals surface area contributed by atoms with E-state index in [4.69, 9.17) is 0 Å². The van der Waals surface area contributed by atoms with E-state index < -0.39 is 7.12 Å². The van der Waals surface area contributed by atoms with E-state index in [1.165, 1.54) is 0 Å². The highest BCUT2D eigenvalue weighted by Gasteiger charge is 2.18. The third-order valence-corrected chi connectivity index (χ3v) is 4.18. The Hall–Kier alpha value is -3.22. The van der Waals surface area contributed by atoms with Crippen molar-refractivity contribution >= 4 is 12.6 Å². The number of hydrogen-bond acceptors (Lipinski definition) is 4. The molecule has 126 valence electrons. The highest BCUT2D eigenvalue weighted by Crippen LogP contribution is 2.27. The van der Waals surface area contributed by atoms with Crippen LogP contribution in [-0.2, 0) is 0 Å². The van der Waals surface area contributed by atoms with E-state index in [0.29, 0.717) is 5.46 Å². The predicted molar refractivity (Wildman–Crippen MR) is 102 cm³/mol. The second-order valence-corrected chi connectivity index (χ2v) is 5.88. The largest absolute Gasteiger partial charge is 0.488 e. The average Bonchev–Trinajstić information content (AvgIpc) is 3.14. The molecule has 0 aliphatic rings. The first-order valence-corrected chi connectivity index (χ1v) is 8.27. The fraction of sp³-hybridized carbons (Fsp3) is 0. The number of aromatic nitrogens is 3. The molecule has 0 aliphatic heterocycles. The molecule has 4 rings (SSSR count). The highest BCUT2D eigenvalue weighted by molar-refractivity contribution is 6.58. The van der Waals surface area contributed by atoms with E-state index in [1.54, 1.807) is 12.1 Å².